The van der Waals surface area contributed by atoms with Gasteiger partial charge in [-0.1, -0.05) is 18.2 Å². The molecule has 0 spiro atoms. The lowest BCUT2D eigenvalue weighted by atomic mass is 10.1. The van der Waals surface area contributed by atoms with Crippen LogP contribution in [0.15, 0.2) is 57.9 Å². The number of nitrogens with one attached hydrogen (secondary N) is 1. The van der Waals surface area contributed by atoms with Crippen LogP contribution in [0.2, 0.25) is 0 Å². The van der Waals surface area contributed by atoms with Crippen molar-refractivity contribution in [3.63, 3.8) is 0 Å². The summed E-state index contributed by atoms with van der Waals surface area (Å²) in [6, 6.07) is 10.9. The maximum atomic E-state index is 12.2. The number of benzene rings is 1. The molecule has 3 rings (SSSR count). The van der Waals surface area contributed by atoms with Gasteiger partial charge in [0.05, 0.1) is 11.3 Å². The van der Waals surface area contributed by atoms with Gasteiger partial charge in [0.15, 0.2) is 0 Å². The third-order valence-corrected chi connectivity index (χ3v) is 3.36. The Morgan fingerprint density at radius 3 is 2.89 bits per heavy atom. The number of hydrogen-bond acceptors (Lipinski definition) is 3. The Bertz CT molecular complexity index is 752. The van der Waals surface area contributed by atoms with Gasteiger partial charge in [0.25, 0.3) is 5.91 Å². The molecule has 1 N–H and O–H groups in total. The first-order valence-electron chi connectivity index (χ1n) is 5.64. The van der Waals surface area contributed by atoms with Gasteiger partial charge in [-0.05, 0) is 34.1 Å². The van der Waals surface area contributed by atoms with Gasteiger partial charge in [0, 0.05) is 11.6 Å². The zero-order chi connectivity index (χ0) is 13.2. The summed E-state index contributed by atoms with van der Waals surface area (Å²) in [5, 5.41) is 3.59. The van der Waals surface area contributed by atoms with Gasteiger partial charge in [-0.15, -0.1) is 0 Å². The van der Waals surface area contributed by atoms with Crippen LogP contribution in [0, 0.1) is 0 Å². The van der Waals surface area contributed by atoms with Crippen molar-refractivity contribution in [1.29, 1.82) is 0 Å². The van der Waals surface area contributed by atoms with Crippen molar-refractivity contribution in [2.75, 3.05) is 5.32 Å². The van der Waals surface area contributed by atoms with Crippen LogP contribution in [-0.4, -0.2) is 10.9 Å². The molecule has 94 valence electrons. The molecule has 2 aromatic heterocycles. The SMILES string of the molecule is O=C(Nc1cccnc1Br)c1coc2ccccc12. The lowest BCUT2D eigenvalue weighted by Crippen LogP contribution is -2.11. The van der Waals surface area contributed by atoms with Crippen molar-refractivity contribution >= 4 is 38.5 Å². The highest BCUT2D eigenvalue weighted by atomic mass is 79.9. The van der Waals surface area contributed by atoms with Crippen LogP contribution in [0.25, 0.3) is 11.0 Å². The third-order valence-electron chi connectivity index (χ3n) is 2.73. The molecule has 0 radical (unpaired) electrons. The lowest BCUT2D eigenvalue weighted by molar-refractivity contribution is 0.102. The number of para-hydroxylation sites is 1. The van der Waals surface area contributed by atoms with Gasteiger partial charge >= 0.3 is 0 Å². The average molecular weight is 317 g/mol. The van der Waals surface area contributed by atoms with Crippen molar-refractivity contribution in [2.45, 2.75) is 0 Å². The van der Waals surface area contributed by atoms with Gasteiger partial charge in [-0.25, -0.2) is 4.98 Å². The summed E-state index contributed by atoms with van der Waals surface area (Å²) in [4.78, 5) is 16.3. The van der Waals surface area contributed by atoms with Crippen LogP contribution in [-0.2, 0) is 0 Å². The second kappa shape index (κ2) is 4.85. The van der Waals surface area contributed by atoms with E-state index in [4.69, 9.17) is 4.42 Å². The molecule has 5 heteroatoms. The summed E-state index contributed by atoms with van der Waals surface area (Å²) < 4.78 is 5.94. The lowest BCUT2D eigenvalue weighted by Gasteiger charge is -2.04. The normalized spacial score (nSPS) is 10.6. The van der Waals surface area contributed by atoms with E-state index in [0.29, 0.717) is 21.4 Å². The fourth-order valence-electron chi connectivity index (χ4n) is 1.82. The monoisotopic (exact) mass is 316 g/mol. The van der Waals surface area contributed by atoms with Crippen LogP contribution in [0.3, 0.4) is 0 Å². The number of furan rings is 1. The molecule has 0 atom stereocenters. The fraction of sp³-hybridized carbons (Fsp3) is 0. The number of rotatable bonds is 2. The number of nitrogens with zero attached hydrogens (tertiary/aromatic N) is 1. The molecule has 0 unspecified atom stereocenters. The van der Waals surface area contributed by atoms with Crippen LogP contribution in [0.1, 0.15) is 10.4 Å². The van der Waals surface area contributed by atoms with E-state index in [1.54, 1.807) is 18.3 Å². The Kier molecular flexibility index (Phi) is 3.05. The minimum absolute atomic E-state index is 0.223. The number of carbonyl (C=O) groups is 1. The first-order valence-corrected chi connectivity index (χ1v) is 6.43. The first kappa shape index (κ1) is 11.9. The van der Waals surface area contributed by atoms with Crippen LogP contribution in [0.5, 0.6) is 0 Å². The minimum atomic E-state index is -0.223. The molecular weight excluding hydrogens is 308 g/mol. The number of hydrogen-bond donors (Lipinski definition) is 1. The summed E-state index contributed by atoms with van der Waals surface area (Å²) in [5.41, 5.74) is 1.82. The van der Waals surface area contributed by atoms with E-state index in [-0.39, 0.29) is 5.91 Å². The summed E-state index contributed by atoms with van der Waals surface area (Å²) in [6.07, 6.45) is 3.11. The molecule has 1 aromatic carbocycles. The average Bonchev–Trinajstić information content (AvgIpc) is 2.85. The second-order valence-electron chi connectivity index (χ2n) is 3.94. The van der Waals surface area contributed by atoms with Crippen LogP contribution in [0.4, 0.5) is 5.69 Å². The number of carbonyl (C=O) groups excluding carboxylic acids is 1. The Labute approximate surface area is 117 Å². The van der Waals surface area contributed by atoms with Crippen molar-refractivity contribution in [1.82, 2.24) is 4.98 Å². The van der Waals surface area contributed by atoms with Crippen LogP contribution < -0.4 is 5.32 Å². The molecular formula is C14H9BrN2O2. The predicted octanol–water partition coefficient (Wildman–Crippen LogP) is 3.84. The predicted molar refractivity (Wildman–Crippen MR) is 76.1 cm³/mol. The molecule has 0 saturated heterocycles. The van der Waals surface area contributed by atoms with Crippen molar-refractivity contribution in [3.05, 3.63) is 59.0 Å². The second-order valence-corrected chi connectivity index (χ2v) is 4.69. The highest BCUT2D eigenvalue weighted by Crippen LogP contribution is 2.23. The molecule has 0 aliphatic heterocycles. The molecule has 0 saturated carbocycles. The Morgan fingerprint density at radius 1 is 1.21 bits per heavy atom. The molecule has 2 heterocycles. The largest absolute Gasteiger partial charge is 0.463 e. The van der Waals surface area contributed by atoms with E-state index in [1.165, 1.54) is 6.26 Å². The Morgan fingerprint density at radius 2 is 2.05 bits per heavy atom. The summed E-state index contributed by atoms with van der Waals surface area (Å²) in [6.45, 7) is 0. The molecule has 4 nitrogen and oxygen atoms in total. The number of amides is 1. The fourth-order valence-corrected chi connectivity index (χ4v) is 2.17. The standard InChI is InChI=1S/C14H9BrN2O2/c15-13-11(5-3-7-16-13)17-14(18)10-8-19-12-6-2-1-4-9(10)12/h1-8H,(H,17,18). The summed E-state index contributed by atoms with van der Waals surface area (Å²) >= 11 is 3.29. The quantitative estimate of drug-likeness (QED) is 0.731. The molecule has 3 aromatic rings. The van der Waals surface area contributed by atoms with E-state index in [9.17, 15) is 4.79 Å². The number of pyridine rings is 1. The van der Waals surface area contributed by atoms with E-state index in [2.05, 4.69) is 26.2 Å². The van der Waals surface area contributed by atoms with Gasteiger partial charge in [0.2, 0.25) is 0 Å². The summed E-state index contributed by atoms with van der Waals surface area (Å²) in [7, 11) is 0. The van der Waals surface area contributed by atoms with Crippen molar-refractivity contribution in [3.8, 4) is 0 Å². The van der Waals surface area contributed by atoms with Gasteiger partial charge in [0.1, 0.15) is 16.4 Å². The zero-order valence-corrected chi connectivity index (χ0v) is 11.3. The maximum absolute atomic E-state index is 12.2. The van der Waals surface area contributed by atoms with Crippen LogP contribution >= 0.6 is 15.9 Å². The van der Waals surface area contributed by atoms with E-state index >= 15 is 0 Å². The van der Waals surface area contributed by atoms with Crippen molar-refractivity contribution < 1.29 is 9.21 Å². The molecule has 0 fully saturated rings. The Balaban J connectivity index is 1.95. The minimum Gasteiger partial charge on any atom is -0.463 e. The van der Waals surface area contributed by atoms with Gasteiger partial charge in [-0.3, -0.25) is 4.79 Å². The topological polar surface area (TPSA) is 55.1 Å². The van der Waals surface area contributed by atoms with Crippen molar-refractivity contribution in [2.24, 2.45) is 0 Å². The number of halogens is 1. The molecule has 19 heavy (non-hydrogen) atoms. The third kappa shape index (κ3) is 2.24. The molecule has 0 bridgehead atoms. The first-order chi connectivity index (χ1) is 9.25. The highest BCUT2D eigenvalue weighted by molar-refractivity contribution is 9.10. The van der Waals surface area contributed by atoms with Gasteiger partial charge in [-0.2, -0.15) is 0 Å². The number of anilines is 1. The smallest absolute Gasteiger partial charge is 0.259 e. The Hall–Kier alpha value is -2.14. The number of fused-ring (bicyclic) bond motifs is 1. The highest BCUT2D eigenvalue weighted by Gasteiger charge is 2.14. The van der Waals surface area contributed by atoms with E-state index in [1.807, 2.05) is 24.3 Å². The van der Waals surface area contributed by atoms with E-state index in [0.717, 1.165) is 5.39 Å². The maximum Gasteiger partial charge on any atom is 0.259 e. The van der Waals surface area contributed by atoms with Gasteiger partial charge < -0.3 is 9.73 Å². The van der Waals surface area contributed by atoms with E-state index < -0.39 is 0 Å². The molecule has 1 amide bonds. The molecule has 0 aliphatic carbocycles. The molecule has 0 aliphatic rings. The summed E-state index contributed by atoms with van der Waals surface area (Å²) in [5.74, 6) is -0.223. The number of aromatic nitrogens is 1. The zero-order valence-electron chi connectivity index (χ0n) is 9.76.